The number of aryl methyl sites for hydroxylation is 1. The minimum absolute atomic E-state index is 0.0923. The molecule has 1 amide bonds. The summed E-state index contributed by atoms with van der Waals surface area (Å²) in [6, 6.07) is 6.04. The molecule has 2 aromatic heterocycles. The molecule has 8 heteroatoms. The van der Waals surface area contributed by atoms with E-state index in [1.165, 1.54) is 11.8 Å². The summed E-state index contributed by atoms with van der Waals surface area (Å²) in [5.41, 5.74) is 2.60. The lowest BCUT2D eigenvalue weighted by Gasteiger charge is -2.17. The van der Waals surface area contributed by atoms with Crippen molar-refractivity contribution in [1.29, 1.82) is 0 Å². The number of rotatable bonds is 5. The molecule has 0 aliphatic carbocycles. The fourth-order valence-electron chi connectivity index (χ4n) is 2.67. The smallest absolute Gasteiger partial charge is 0.233 e. The van der Waals surface area contributed by atoms with Gasteiger partial charge < -0.3 is 9.47 Å². The number of hydrogen-bond donors (Lipinski definition) is 0. The van der Waals surface area contributed by atoms with E-state index in [1.807, 2.05) is 43.7 Å². The van der Waals surface area contributed by atoms with Crippen LogP contribution in [0.5, 0.6) is 0 Å². The summed E-state index contributed by atoms with van der Waals surface area (Å²) in [7, 11) is 1.96. The van der Waals surface area contributed by atoms with E-state index in [0.717, 1.165) is 26.5 Å². The second-order valence-corrected chi connectivity index (χ2v) is 7.20. The van der Waals surface area contributed by atoms with Gasteiger partial charge in [-0.1, -0.05) is 27.7 Å². The molecule has 0 unspecified atom stereocenters. The molecule has 2 heterocycles. The van der Waals surface area contributed by atoms with Crippen LogP contribution in [-0.2, 0) is 11.8 Å². The number of fused-ring (bicyclic) bond motifs is 3. The molecule has 126 valence electrons. The van der Waals surface area contributed by atoms with Crippen molar-refractivity contribution in [2.24, 2.45) is 7.05 Å². The van der Waals surface area contributed by atoms with Crippen molar-refractivity contribution in [3.63, 3.8) is 0 Å². The van der Waals surface area contributed by atoms with Crippen LogP contribution in [0, 0.1) is 0 Å². The molecule has 1 aromatic carbocycles. The van der Waals surface area contributed by atoms with Gasteiger partial charge in [-0.3, -0.25) is 4.79 Å². The zero-order valence-corrected chi connectivity index (χ0v) is 16.2. The first-order chi connectivity index (χ1) is 11.5. The lowest BCUT2D eigenvalue weighted by Crippen LogP contribution is -2.31. The first kappa shape index (κ1) is 17.2. The van der Waals surface area contributed by atoms with Gasteiger partial charge in [0.25, 0.3) is 0 Å². The van der Waals surface area contributed by atoms with Gasteiger partial charge in [0.15, 0.2) is 5.65 Å². The lowest BCUT2D eigenvalue weighted by molar-refractivity contribution is -0.127. The molecular formula is C16H18BrN5OS. The molecule has 0 aliphatic rings. The van der Waals surface area contributed by atoms with Crippen molar-refractivity contribution in [2.75, 3.05) is 18.8 Å². The largest absolute Gasteiger partial charge is 0.343 e. The summed E-state index contributed by atoms with van der Waals surface area (Å²) >= 11 is 4.81. The van der Waals surface area contributed by atoms with Gasteiger partial charge in [0.05, 0.1) is 11.3 Å². The molecule has 0 radical (unpaired) electrons. The van der Waals surface area contributed by atoms with Crippen molar-refractivity contribution in [3.8, 4) is 0 Å². The maximum atomic E-state index is 12.1. The number of aromatic nitrogens is 4. The number of halogens is 1. The SMILES string of the molecule is CCN(CC)C(=O)CSc1nnc2c3cc(Br)ccc3n(C)c2n1. The third-order valence-corrected chi connectivity index (χ3v) is 5.30. The normalized spacial score (nSPS) is 11.3. The van der Waals surface area contributed by atoms with Crippen LogP contribution in [0.2, 0.25) is 0 Å². The van der Waals surface area contributed by atoms with Crippen molar-refractivity contribution in [3.05, 3.63) is 22.7 Å². The van der Waals surface area contributed by atoms with Crippen molar-refractivity contribution in [1.82, 2.24) is 24.6 Å². The molecule has 0 aliphatic heterocycles. The Morgan fingerprint density at radius 3 is 2.75 bits per heavy atom. The Morgan fingerprint density at radius 2 is 2.04 bits per heavy atom. The van der Waals surface area contributed by atoms with Crippen LogP contribution in [0.4, 0.5) is 0 Å². The molecule has 6 nitrogen and oxygen atoms in total. The van der Waals surface area contributed by atoms with E-state index < -0.39 is 0 Å². The second-order valence-electron chi connectivity index (χ2n) is 5.34. The predicted molar refractivity (Wildman–Crippen MR) is 100 cm³/mol. The standard InChI is InChI=1S/C16H18BrN5OS/c1-4-22(5-2)13(23)9-24-16-18-15-14(19-20-16)11-8-10(17)6-7-12(11)21(15)3/h6-8H,4-5,9H2,1-3H3. The van der Waals surface area contributed by atoms with Gasteiger partial charge in [0.1, 0.15) is 5.52 Å². The first-order valence-corrected chi connectivity index (χ1v) is 9.52. The monoisotopic (exact) mass is 407 g/mol. The summed E-state index contributed by atoms with van der Waals surface area (Å²) in [5.74, 6) is 0.416. The molecule has 3 aromatic rings. The fourth-order valence-corrected chi connectivity index (χ4v) is 3.72. The maximum absolute atomic E-state index is 12.1. The molecule has 0 bridgehead atoms. The highest BCUT2D eigenvalue weighted by atomic mass is 79.9. The highest BCUT2D eigenvalue weighted by Gasteiger charge is 2.15. The van der Waals surface area contributed by atoms with E-state index in [9.17, 15) is 4.79 Å². The Hall–Kier alpha value is -1.67. The number of benzene rings is 1. The third kappa shape index (κ3) is 3.12. The topological polar surface area (TPSA) is 63.9 Å². The number of hydrogen-bond acceptors (Lipinski definition) is 5. The molecule has 24 heavy (non-hydrogen) atoms. The summed E-state index contributed by atoms with van der Waals surface area (Å²) in [5, 5.41) is 10.1. The fraction of sp³-hybridized carbons (Fsp3) is 0.375. The average molecular weight is 408 g/mol. The van der Waals surface area contributed by atoms with E-state index in [-0.39, 0.29) is 5.91 Å². The van der Waals surface area contributed by atoms with E-state index in [4.69, 9.17) is 0 Å². The Kier molecular flexibility index (Phi) is 5.05. The van der Waals surface area contributed by atoms with Crippen LogP contribution in [0.15, 0.2) is 27.8 Å². The highest BCUT2D eigenvalue weighted by molar-refractivity contribution is 9.10. The van der Waals surface area contributed by atoms with Gasteiger partial charge in [-0.15, -0.1) is 10.2 Å². The molecule has 0 saturated heterocycles. The van der Waals surface area contributed by atoms with Gasteiger partial charge in [-0.2, -0.15) is 0 Å². The third-order valence-electron chi connectivity index (χ3n) is 3.98. The molecule has 0 fully saturated rings. The number of carbonyl (C=O) groups excluding carboxylic acids is 1. The van der Waals surface area contributed by atoms with Gasteiger partial charge >= 0.3 is 0 Å². The molecule has 0 atom stereocenters. The maximum Gasteiger partial charge on any atom is 0.233 e. The van der Waals surface area contributed by atoms with Crippen LogP contribution in [0.25, 0.3) is 22.1 Å². The Bertz CT molecular complexity index is 906. The second kappa shape index (κ2) is 7.06. The summed E-state index contributed by atoms with van der Waals surface area (Å²) < 4.78 is 3.00. The lowest BCUT2D eigenvalue weighted by atomic mass is 10.2. The van der Waals surface area contributed by atoms with Crippen LogP contribution in [0.3, 0.4) is 0 Å². The molecule has 3 rings (SSSR count). The van der Waals surface area contributed by atoms with Gasteiger partial charge in [-0.05, 0) is 32.0 Å². The van der Waals surface area contributed by atoms with Gasteiger partial charge in [0.2, 0.25) is 11.1 Å². The molecule has 0 saturated carbocycles. The van der Waals surface area contributed by atoms with Gasteiger partial charge in [0, 0.05) is 30.0 Å². The average Bonchev–Trinajstić information content (AvgIpc) is 2.86. The number of amides is 1. The van der Waals surface area contributed by atoms with E-state index in [0.29, 0.717) is 24.0 Å². The van der Waals surface area contributed by atoms with Crippen molar-refractivity contribution >= 4 is 55.7 Å². The van der Waals surface area contributed by atoms with E-state index >= 15 is 0 Å². The van der Waals surface area contributed by atoms with E-state index in [2.05, 4.69) is 31.1 Å². The number of thioether (sulfide) groups is 1. The Labute approximate surface area is 152 Å². The van der Waals surface area contributed by atoms with Crippen LogP contribution < -0.4 is 0 Å². The minimum atomic E-state index is 0.0923. The predicted octanol–water partition coefficient (Wildman–Crippen LogP) is 3.24. The zero-order valence-electron chi connectivity index (χ0n) is 13.8. The Balaban J connectivity index is 1.90. The van der Waals surface area contributed by atoms with Crippen molar-refractivity contribution in [2.45, 2.75) is 19.0 Å². The first-order valence-electron chi connectivity index (χ1n) is 7.74. The van der Waals surface area contributed by atoms with Gasteiger partial charge in [-0.25, -0.2) is 4.98 Å². The summed E-state index contributed by atoms with van der Waals surface area (Å²) in [6.45, 7) is 5.38. The van der Waals surface area contributed by atoms with Crippen molar-refractivity contribution < 1.29 is 4.79 Å². The zero-order chi connectivity index (χ0) is 17.3. The minimum Gasteiger partial charge on any atom is -0.343 e. The quantitative estimate of drug-likeness (QED) is 0.607. The highest BCUT2D eigenvalue weighted by Crippen LogP contribution is 2.28. The Morgan fingerprint density at radius 1 is 1.29 bits per heavy atom. The summed E-state index contributed by atoms with van der Waals surface area (Å²) in [6.07, 6.45) is 0. The van der Waals surface area contributed by atoms with Crippen LogP contribution in [0.1, 0.15) is 13.8 Å². The van der Waals surface area contributed by atoms with E-state index in [1.54, 1.807) is 4.90 Å². The molecular weight excluding hydrogens is 390 g/mol. The molecule has 0 spiro atoms. The molecule has 0 N–H and O–H groups in total. The number of carbonyl (C=O) groups is 1. The van der Waals surface area contributed by atoms with Crippen LogP contribution >= 0.6 is 27.7 Å². The van der Waals surface area contributed by atoms with Crippen LogP contribution in [-0.4, -0.2) is 49.4 Å². The number of nitrogens with zero attached hydrogens (tertiary/aromatic N) is 5. The summed E-state index contributed by atoms with van der Waals surface area (Å²) in [4.78, 5) is 18.5.